The average Bonchev–Trinajstić information content (AvgIpc) is 3.42. The minimum Gasteiger partial charge on any atom is -0.496 e. The fourth-order valence-corrected chi connectivity index (χ4v) is 6.37. The Hall–Kier alpha value is -4.73. The van der Waals surface area contributed by atoms with E-state index in [1.54, 1.807) is 18.7 Å². The number of hydrogen-bond donors (Lipinski definition) is 1. The van der Waals surface area contributed by atoms with E-state index in [0.717, 1.165) is 50.7 Å². The summed E-state index contributed by atoms with van der Waals surface area (Å²) in [5.74, 6) is 0.0322. The van der Waals surface area contributed by atoms with Gasteiger partial charge in [0.15, 0.2) is 5.69 Å². The van der Waals surface area contributed by atoms with E-state index in [-0.39, 0.29) is 32.2 Å². The van der Waals surface area contributed by atoms with Crippen LogP contribution >= 0.6 is 0 Å². The van der Waals surface area contributed by atoms with Gasteiger partial charge in [-0.25, -0.2) is 0 Å². The number of rotatable bonds is 11. The van der Waals surface area contributed by atoms with Crippen molar-refractivity contribution in [2.75, 3.05) is 33.4 Å². The van der Waals surface area contributed by atoms with Crippen LogP contribution in [0.5, 0.6) is 5.75 Å². The minimum absolute atomic E-state index is 0.0914. The van der Waals surface area contributed by atoms with E-state index < -0.39 is 5.97 Å². The average molecular weight is 607 g/mol. The monoisotopic (exact) mass is 606 g/mol. The van der Waals surface area contributed by atoms with E-state index in [0.29, 0.717) is 31.7 Å². The van der Waals surface area contributed by atoms with Gasteiger partial charge in [-0.2, -0.15) is 5.10 Å². The molecule has 4 aromatic carbocycles. The highest BCUT2D eigenvalue weighted by molar-refractivity contribution is 5.96. The number of amides is 1. The lowest BCUT2D eigenvalue weighted by atomic mass is 10.00. The van der Waals surface area contributed by atoms with E-state index in [1.165, 1.54) is 10.5 Å². The van der Waals surface area contributed by atoms with Crippen LogP contribution < -0.4 is 4.74 Å². The third kappa shape index (κ3) is 6.27. The summed E-state index contributed by atoms with van der Waals surface area (Å²) in [5.41, 5.74) is 4.20. The van der Waals surface area contributed by atoms with Gasteiger partial charge in [-0.15, -0.1) is 0 Å². The van der Waals surface area contributed by atoms with Crippen molar-refractivity contribution >= 4 is 33.4 Å². The zero-order valence-electron chi connectivity index (χ0n) is 25.7. The molecule has 0 fully saturated rings. The number of aromatic nitrogens is 2. The highest BCUT2D eigenvalue weighted by Crippen LogP contribution is 2.31. The van der Waals surface area contributed by atoms with Crippen molar-refractivity contribution in [1.29, 1.82) is 0 Å². The van der Waals surface area contributed by atoms with Crippen molar-refractivity contribution in [3.05, 3.63) is 107 Å². The Kier molecular flexibility index (Phi) is 9.09. The summed E-state index contributed by atoms with van der Waals surface area (Å²) < 4.78 is 12.6. The van der Waals surface area contributed by atoms with Gasteiger partial charge in [-0.3, -0.25) is 19.2 Å². The van der Waals surface area contributed by atoms with Crippen LogP contribution in [0.15, 0.2) is 78.9 Å². The number of aliphatic hydroxyl groups is 1. The third-order valence-electron chi connectivity index (χ3n) is 8.47. The first-order chi connectivity index (χ1) is 22.0. The van der Waals surface area contributed by atoms with E-state index in [1.807, 2.05) is 60.7 Å². The molecule has 0 bridgehead atoms. The van der Waals surface area contributed by atoms with Crippen LogP contribution in [0.25, 0.3) is 21.5 Å². The van der Waals surface area contributed by atoms with Crippen molar-refractivity contribution in [1.82, 2.24) is 19.6 Å². The van der Waals surface area contributed by atoms with E-state index in [9.17, 15) is 14.7 Å². The predicted octanol–water partition coefficient (Wildman–Crippen LogP) is 4.95. The van der Waals surface area contributed by atoms with Crippen molar-refractivity contribution < 1.29 is 24.2 Å². The number of carbonyl (C=O) groups excluding carboxylic acids is 2. The molecule has 5 aromatic rings. The van der Waals surface area contributed by atoms with Crippen LogP contribution in [0.4, 0.5) is 0 Å². The molecule has 0 unspecified atom stereocenters. The summed E-state index contributed by atoms with van der Waals surface area (Å²) in [6, 6.07) is 26.3. The summed E-state index contributed by atoms with van der Waals surface area (Å²) in [6.07, 6.45) is 0.685. The number of aliphatic hydroxyl groups excluding tert-OH is 1. The van der Waals surface area contributed by atoms with Gasteiger partial charge in [0.05, 0.1) is 26.9 Å². The first-order valence-electron chi connectivity index (χ1n) is 15.4. The fourth-order valence-electron chi connectivity index (χ4n) is 6.37. The molecule has 0 saturated carbocycles. The van der Waals surface area contributed by atoms with Gasteiger partial charge >= 0.3 is 5.97 Å². The smallest absolute Gasteiger partial charge is 0.325 e. The predicted molar refractivity (Wildman–Crippen MR) is 173 cm³/mol. The van der Waals surface area contributed by atoms with Crippen LogP contribution in [-0.4, -0.2) is 70.0 Å². The Morgan fingerprint density at radius 1 is 0.933 bits per heavy atom. The number of nitrogens with zero attached hydrogens (tertiary/aromatic N) is 4. The first kappa shape index (κ1) is 30.3. The van der Waals surface area contributed by atoms with Crippen molar-refractivity contribution in [2.24, 2.45) is 0 Å². The molecule has 0 spiro atoms. The Labute approximate surface area is 262 Å². The van der Waals surface area contributed by atoms with Gasteiger partial charge in [-0.1, -0.05) is 72.8 Å². The van der Waals surface area contributed by atoms with Gasteiger partial charge in [0.1, 0.15) is 12.3 Å². The normalized spacial score (nSPS) is 13.1. The Balaban J connectivity index is 1.33. The number of benzene rings is 4. The Morgan fingerprint density at radius 3 is 2.47 bits per heavy atom. The van der Waals surface area contributed by atoms with Gasteiger partial charge in [0.2, 0.25) is 0 Å². The van der Waals surface area contributed by atoms with Gasteiger partial charge in [0, 0.05) is 49.2 Å². The van der Waals surface area contributed by atoms with Crippen LogP contribution in [0.1, 0.15) is 39.8 Å². The summed E-state index contributed by atoms with van der Waals surface area (Å²) >= 11 is 0. The molecule has 0 saturated heterocycles. The van der Waals surface area contributed by atoms with E-state index in [2.05, 4.69) is 23.1 Å². The maximum atomic E-state index is 14.4. The van der Waals surface area contributed by atoms with Crippen molar-refractivity contribution in [3.63, 3.8) is 0 Å². The quantitative estimate of drug-likeness (QED) is 0.213. The lowest BCUT2D eigenvalue weighted by Crippen LogP contribution is -2.37. The second-order valence-electron chi connectivity index (χ2n) is 11.3. The second kappa shape index (κ2) is 13.5. The molecule has 6 rings (SSSR count). The molecule has 1 N–H and O–H groups in total. The van der Waals surface area contributed by atoms with E-state index >= 15 is 0 Å². The largest absolute Gasteiger partial charge is 0.496 e. The molecule has 232 valence electrons. The number of hydrogen-bond acceptors (Lipinski definition) is 7. The molecule has 0 atom stereocenters. The van der Waals surface area contributed by atoms with Crippen molar-refractivity contribution in [2.45, 2.75) is 39.5 Å². The number of methoxy groups -OCH3 is 1. The molecule has 0 aliphatic carbocycles. The highest BCUT2D eigenvalue weighted by atomic mass is 16.5. The summed E-state index contributed by atoms with van der Waals surface area (Å²) in [7, 11) is 1.68. The molecule has 1 amide bonds. The first-order valence-corrected chi connectivity index (χ1v) is 15.4. The maximum Gasteiger partial charge on any atom is 0.325 e. The zero-order valence-corrected chi connectivity index (χ0v) is 25.7. The Bertz CT molecular complexity index is 1840. The highest BCUT2D eigenvalue weighted by Gasteiger charge is 2.32. The van der Waals surface area contributed by atoms with Crippen LogP contribution in [0.3, 0.4) is 0 Å². The van der Waals surface area contributed by atoms with Crippen LogP contribution in [0, 0.1) is 0 Å². The number of carbonyl (C=O) groups is 2. The Morgan fingerprint density at radius 2 is 1.69 bits per heavy atom. The van der Waals surface area contributed by atoms with Crippen LogP contribution in [0.2, 0.25) is 0 Å². The molecule has 9 nitrogen and oxygen atoms in total. The lowest BCUT2D eigenvalue weighted by molar-refractivity contribution is -0.143. The maximum absolute atomic E-state index is 14.4. The van der Waals surface area contributed by atoms with Gasteiger partial charge in [-0.05, 0) is 40.3 Å². The number of fused-ring (bicyclic) bond motifs is 3. The molecular formula is C36H38N4O5. The number of ether oxygens (including phenoxy) is 2. The summed E-state index contributed by atoms with van der Waals surface area (Å²) in [6.45, 7) is 4.19. The molecule has 1 aliphatic rings. The fraction of sp³-hybridized carbons (Fsp3) is 0.306. The van der Waals surface area contributed by atoms with Crippen molar-refractivity contribution in [3.8, 4) is 5.75 Å². The van der Waals surface area contributed by atoms with E-state index in [4.69, 9.17) is 14.6 Å². The zero-order chi connectivity index (χ0) is 31.3. The molecule has 2 heterocycles. The molecule has 9 heteroatoms. The van der Waals surface area contributed by atoms with Crippen LogP contribution in [-0.2, 0) is 42.1 Å². The molecule has 0 radical (unpaired) electrons. The minimum atomic E-state index is -0.470. The standard InChI is InChI=1S/C36H38N4O5/c1-3-45-34(42)24-39(22-26-11-8-10-25-9-4-5-12-28(25)26)36(43)35-31-23-38(18-17-32(31)40(37-35)19-20-41)21-27-15-16-33(44-2)30-14-7-6-13-29(27)30/h4-16,41H,3,17-24H2,1-2H3. The van der Waals surface area contributed by atoms with Gasteiger partial charge < -0.3 is 19.5 Å². The molecular weight excluding hydrogens is 568 g/mol. The molecule has 1 aliphatic heterocycles. The topological polar surface area (TPSA) is 97.1 Å². The SMILES string of the molecule is CCOC(=O)CN(Cc1cccc2ccccc12)C(=O)c1nn(CCO)c2c1CN(Cc1ccc(OC)c3ccccc13)CC2. The number of esters is 1. The molecule has 1 aromatic heterocycles. The summed E-state index contributed by atoms with van der Waals surface area (Å²) in [4.78, 5) is 31.0. The second-order valence-corrected chi connectivity index (χ2v) is 11.3. The lowest BCUT2D eigenvalue weighted by Gasteiger charge is -2.29. The third-order valence-corrected chi connectivity index (χ3v) is 8.47. The summed E-state index contributed by atoms with van der Waals surface area (Å²) in [5, 5.41) is 18.8. The molecule has 45 heavy (non-hydrogen) atoms. The van der Waals surface area contributed by atoms with Gasteiger partial charge in [0.25, 0.3) is 5.91 Å².